The number of carbonyl (C=O) groups excluding carboxylic acids is 1. The van der Waals surface area contributed by atoms with Crippen LogP contribution in [0.1, 0.15) is 56.8 Å². The first-order valence-corrected chi connectivity index (χ1v) is 11.8. The van der Waals surface area contributed by atoms with E-state index in [1.54, 1.807) is 0 Å². The summed E-state index contributed by atoms with van der Waals surface area (Å²) in [6.45, 7) is 7.77. The van der Waals surface area contributed by atoms with Gasteiger partial charge in [-0.05, 0) is 73.8 Å². The van der Waals surface area contributed by atoms with Crippen LogP contribution in [0, 0.1) is 27.7 Å². The van der Waals surface area contributed by atoms with E-state index in [1.807, 2.05) is 64.1 Å². The molecule has 1 aromatic heterocycles. The molecule has 3 aromatic rings. The monoisotopic (exact) mass is 516 g/mol. The number of benzene rings is 2. The molecule has 0 aliphatic carbocycles. The lowest BCUT2D eigenvalue weighted by Crippen LogP contribution is -2.44. The molecule has 0 fully saturated rings. The van der Waals surface area contributed by atoms with E-state index in [1.165, 1.54) is 6.07 Å². The molecule has 0 spiro atoms. The van der Waals surface area contributed by atoms with Crippen LogP contribution >= 0.6 is 12.2 Å². The smallest absolute Gasteiger partial charge is 0.363 e. The van der Waals surface area contributed by atoms with Crippen LogP contribution in [0.25, 0.3) is 0 Å². The van der Waals surface area contributed by atoms with Crippen LogP contribution in [0.4, 0.5) is 24.7 Å². The summed E-state index contributed by atoms with van der Waals surface area (Å²) in [4.78, 5) is 12.7. The molecule has 2 aromatic carbocycles. The Kier molecular flexibility index (Phi) is 6.94. The van der Waals surface area contributed by atoms with Crippen LogP contribution < -0.4 is 21.5 Å². The third kappa shape index (κ3) is 5.30. The molecule has 7 nitrogen and oxygen atoms in total. The highest BCUT2D eigenvalue weighted by molar-refractivity contribution is 7.80. The van der Waals surface area contributed by atoms with E-state index in [2.05, 4.69) is 26.6 Å². The number of nitrogens with one attached hydrogen (secondary N) is 4. The fraction of sp³-hybridized carbons (Fsp3) is 0.320. The fourth-order valence-electron chi connectivity index (χ4n) is 4.10. The van der Waals surface area contributed by atoms with Gasteiger partial charge < -0.3 is 10.6 Å². The molecule has 11 heteroatoms. The fourth-order valence-corrected chi connectivity index (χ4v) is 4.26. The van der Waals surface area contributed by atoms with Crippen LogP contribution in [0.3, 0.4) is 0 Å². The van der Waals surface area contributed by atoms with Crippen LogP contribution in [0.5, 0.6) is 0 Å². The number of rotatable bonds is 3. The van der Waals surface area contributed by atoms with Gasteiger partial charge in [0.2, 0.25) is 0 Å². The Morgan fingerprint density at radius 3 is 2.50 bits per heavy atom. The number of amides is 1. The van der Waals surface area contributed by atoms with Crippen molar-refractivity contribution in [1.29, 1.82) is 0 Å². The predicted octanol–water partition coefficient (Wildman–Crippen LogP) is 5.41. The average molecular weight is 517 g/mol. The summed E-state index contributed by atoms with van der Waals surface area (Å²) >= 11 is 5.23. The SMILES string of the molecule is Cc1ccc([C@@H]2C[C@@H](C(F)(F)F)n3nc(C(=O)NNC(=S)Nc4cccc(C)c4C)cc3N2)cc1C. The lowest BCUT2D eigenvalue weighted by molar-refractivity contribution is -0.173. The minimum Gasteiger partial charge on any atom is -0.363 e. The molecule has 36 heavy (non-hydrogen) atoms. The lowest BCUT2D eigenvalue weighted by Gasteiger charge is -2.33. The van der Waals surface area contributed by atoms with Gasteiger partial charge in [-0.3, -0.25) is 15.6 Å². The standard InChI is InChI=1S/C25H27F3N6OS/c1-13-8-9-17(10-15(13)3)19-11-21(25(26,27)28)34-22(29-19)12-20(33-34)23(35)31-32-24(36)30-18-7-5-6-14(2)16(18)4/h5-10,12,19,21,29H,11H2,1-4H3,(H,31,35)(H2,30,32,36)/t19-,21-/m0/s1. The number of hydrogen-bond acceptors (Lipinski definition) is 4. The Bertz CT molecular complexity index is 1320. The van der Waals surface area contributed by atoms with Gasteiger partial charge >= 0.3 is 6.18 Å². The topological polar surface area (TPSA) is 83.0 Å². The number of hydrazine groups is 1. The van der Waals surface area contributed by atoms with Crippen molar-refractivity contribution in [3.05, 3.63) is 76.0 Å². The van der Waals surface area contributed by atoms with E-state index >= 15 is 0 Å². The average Bonchev–Trinajstić information content (AvgIpc) is 3.25. The van der Waals surface area contributed by atoms with Crippen molar-refractivity contribution in [2.24, 2.45) is 0 Å². The van der Waals surface area contributed by atoms with Crippen molar-refractivity contribution in [2.75, 3.05) is 10.6 Å². The number of aryl methyl sites for hydroxylation is 3. The van der Waals surface area contributed by atoms with E-state index in [9.17, 15) is 18.0 Å². The van der Waals surface area contributed by atoms with Gasteiger partial charge in [-0.25, -0.2) is 4.68 Å². The zero-order valence-electron chi connectivity index (χ0n) is 20.2. The number of carbonyl (C=O) groups is 1. The summed E-state index contributed by atoms with van der Waals surface area (Å²) < 4.78 is 42.7. The van der Waals surface area contributed by atoms with E-state index in [0.29, 0.717) is 0 Å². The molecule has 2 atom stereocenters. The first-order valence-electron chi connectivity index (χ1n) is 11.4. The second kappa shape index (κ2) is 9.81. The maximum atomic E-state index is 14.0. The predicted molar refractivity (Wildman–Crippen MR) is 137 cm³/mol. The summed E-state index contributed by atoms with van der Waals surface area (Å²) in [5.41, 5.74) is 10.4. The number of halogens is 3. The highest BCUT2D eigenvalue weighted by atomic mass is 32.1. The second-order valence-corrected chi connectivity index (χ2v) is 9.38. The van der Waals surface area contributed by atoms with E-state index in [0.717, 1.165) is 38.2 Å². The summed E-state index contributed by atoms with van der Waals surface area (Å²) in [6.07, 6.45) is -4.78. The molecule has 1 aliphatic rings. The zero-order valence-corrected chi connectivity index (χ0v) is 21.1. The van der Waals surface area contributed by atoms with Gasteiger partial charge in [0.1, 0.15) is 5.82 Å². The third-order valence-electron chi connectivity index (χ3n) is 6.50. The van der Waals surface area contributed by atoms with Crippen molar-refractivity contribution in [3.63, 3.8) is 0 Å². The highest BCUT2D eigenvalue weighted by Gasteiger charge is 2.46. The van der Waals surface area contributed by atoms with Crippen LogP contribution in [0.2, 0.25) is 0 Å². The molecule has 2 heterocycles. The zero-order chi connectivity index (χ0) is 26.2. The number of hydrogen-bond donors (Lipinski definition) is 4. The van der Waals surface area contributed by atoms with E-state index < -0.39 is 24.2 Å². The summed E-state index contributed by atoms with van der Waals surface area (Å²) in [6, 6.07) is 10.1. The molecule has 0 bridgehead atoms. The molecule has 0 saturated carbocycles. The Morgan fingerprint density at radius 1 is 1.06 bits per heavy atom. The van der Waals surface area contributed by atoms with Crippen molar-refractivity contribution in [3.8, 4) is 0 Å². The van der Waals surface area contributed by atoms with Crippen LogP contribution in [-0.4, -0.2) is 27.0 Å². The number of nitrogens with zero attached hydrogens (tertiary/aromatic N) is 2. The highest BCUT2D eigenvalue weighted by Crippen LogP contribution is 2.43. The number of thiocarbonyl (C=S) groups is 1. The van der Waals surface area contributed by atoms with Gasteiger partial charge in [0, 0.05) is 18.2 Å². The quantitative estimate of drug-likeness (QED) is 0.275. The minimum atomic E-state index is -4.54. The number of aromatic nitrogens is 2. The van der Waals surface area contributed by atoms with Gasteiger partial charge in [-0.1, -0.05) is 30.3 Å². The van der Waals surface area contributed by atoms with Crippen molar-refractivity contribution < 1.29 is 18.0 Å². The maximum absolute atomic E-state index is 14.0. The first kappa shape index (κ1) is 25.5. The molecule has 0 radical (unpaired) electrons. The molecule has 1 aliphatic heterocycles. The molecular formula is C25H27F3N6OS. The molecule has 4 rings (SSSR count). The Morgan fingerprint density at radius 2 is 1.81 bits per heavy atom. The maximum Gasteiger partial charge on any atom is 0.410 e. The minimum absolute atomic E-state index is 0.119. The number of anilines is 2. The Hall–Kier alpha value is -3.60. The summed E-state index contributed by atoms with van der Waals surface area (Å²) in [5.74, 6) is -0.597. The molecule has 0 unspecified atom stereocenters. The summed E-state index contributed by atoms with van der Waals surface area (Å²) in [7, 11) is 0. The van der Waals surface area contributed by atoms with Gasteiger partial charge in [0.05, 0.1) is 6.04 Å². The van der Waals surface area contributed by atoms with E-state index in [-0.39, 0.29) is 23.0 Å². The number of fused-ring (bicyclic) bond motifs is 1. The van der Waals surface area contributed by atoms with Crippen LogP contribution in [-0.2, 0) is 0 Å². The molecule has 1 amide bonds. The third-order valence-corrected chi connectivity index (χ3v) is 6.70. The molecule has 0 saturated heterocycles. The van der Waals surface area contributed by atoms with Crippen molar-refractivity contribution >= 4 is 34.7 Å². The van der Waals surface area contributed by atoms with Gasteiger partial charge in [0.25, 0.3) is 5.91 Å². The normalized spacial score (nSPS) is 17.1. The van der Waals surface area contributed by atoms with Crippen LogP contribution in [0.15, 0.2) is 42.5 Å². The lowest BCUT2D eigenvalue weighted by atomic mass is 9.94. The molecule has 190 valence electrons. The molecule has 4 N–H and O–H groups in total. The molecular weight excluding hydrogens is 489 g/mol. The second-order valence-electron chi connectivity index (χ2n) is 8.97. The Labute approximate surface area is 212 Å². The summed E-state index contributed by atoms with van der Waals surface area (Å²) in [5, 5.41) is 10.2. The van der Waals surface area contributed by atoms with Gasteiger partial charge in [0.15, 0.2) is 16.8 Å². The van der Waals surface area contributed by atoms with E-state index in [4.69, 9.17) is 12.2 Å². The largest absolute Gasteiger partial charge is 0.410 e. The first-order chi connectivity index (χ1) is 16.9. The number of alkyl halides is 3. The Balaban J connectivity index is 1.49. The van der Waals surface area contributed by atoms with Gasteiger partial charge in [-0.15, -0.1) is 0 Å². The van der Waals surface area contributed by atoms with Gasteiger partial charge in [-0.2, -0.15) is 18.3 Å². The van der Waals surface area contributed by atoms with Crippen molar-refractivity contribution in [2.45, 2.75) is 52.4 Å². The van der Waals surface area contributed by atoms with Crippen molar-refractivity contribution in [1.82, 2.24) is 20.6 Å².